The zero-order valence-corrected chi connectivity index (χ0v) is 8.13. The number of carbonyl (C=O) groups is 1. The highest BCUT2D eigenvalue weighted by molar-refractivity contribution is 5.67. The molecule has 72 valence electrons. The van der Waals surface area contributed by atoms with Gasteiger partial charge in [0.1, 0.15) is 0 Å². The summed E-state index contributed by atoms with van der Waals surface area (Å²) in [5.41, 5.74) is 5.33. The first-order chi connectivity index (χ1) is 5.37. The van der Waals surface area contributed by atoms with Gasteiger partial charge in [0.05, 0.1) is 6.42 Å². The number of carboxylic acid groups (broad SMARTS) is 1. The molecule has 0 aliphatic rings. The van der Waals surface area contributed by atoms with Crippen molar-refractivity contribution in [3.8, 4) is 0 Å². The highest BCUT2D eigenvalue weighted by Crippen LogP contribution is 2.28. The molecule has 0 aliphatic carbocycles. The van der Waals surface area contributed by atoms with Crippen molar-refractivity contribution in [1.82, 2.24) is 0 Å². The second-order valence-electron chi connectivity index (χ2n) is 4.28. The normalized spacial score (nSPS) is 14.3. The predicted octanol–water partition coefficient (Wildman–Crippen LogP) is 1.47. The van der Waals surface area contributed by atoms with E-state index in [0.717, 1.165) is 6.42 Å². The standard InChI is InChI=1S/C9H19NO2/c1-7(6-10)4-9(2,3)5-8(11)12/h7H,4-6,10H2,1-3H3,(H,11,12). The second kappa shape index (κ2) is 4.45. The maximum absolute atomic E-state index is 10.5. The van der Waals surface area contributed by atoms with E-state index in [9.17, 15) is 4.79 Å². The largest absolute Gasteiger partial charge is 0.481 e. The Balaban J connectivity index is 3.94. The first kappa shape index (κ1) is 11.4. The third-order valence-corrected chi connectivity index (χ3v) is 1.93. The maximum Gasteiger partial charge on any atom is 0.303 e. The topological polar surface area (TPSA) is 63.3 Å². The lowest BCUT2D eigenvalue weighted by atomic mass is 9.81. The van der Waals surface area contributed by atoms with Crippen LogP contribution in [-0.4, -0.2) is 17.6 Å². The average molecular weight is 173 g/mol. The summed E-state index contributed by atoms with van der Waals surface area (Å²) < 4.78 is 0. The molecule has 1 unspecified atom stereocenters. The monoisotopic (exact) mass is 173 g/mol. The Kier molecular flexibility index (Phi) is 4.24. The third-order valence-electron chi connectivity index (χ3n) is 1.93. The van der Waals surface area contributed by atoms with Crippen LogP contribution in [0.3, 0.4) is 0 Å². The molecule has 3 N–H and O–H groups in total. The van der Waals surface area contributed by atoms with Gasteiger partial charge in [0, 0.05) is 0 Å². The Hall–Kier alpha value is -0.570. The van der Waals surface area contributed by atoms with Crippen molar-refractivity contribution in [2.24, 2.45) is 17.1 Å². The van der Waals surface area contributed by atoms with Crippen LogP contribution in [0.15, 0.2) is 0 Å². The minimum Gasteiger partial charge on any atom is -0.481 e. The zero-order valence-electron chi connectivity index (χ0n) is 8.13. The smallest absolute Gasteiger partial charge is 0.303 e. The van der Waals surface area contributed by atoms with Gasteiger partial charge in [-0.15, -0.1) is 0 Å². The van der Waals surface area contributed by atoms with Crippen molar-refractivity contribution < 1.29 is 9.90 Å². The van der Waals surface area contributed by atoms with Gasteiger partial charge < -0.3 is 10.8 Å². The van der Waals surface area contributed by atoms with E-state index in [0.29, 0.717) is 12.5 Å². The van der Waals surface area contributed by atoms with Crippen LogP contribution in [0.25, 0.3) is 0 Å². The second-order valence-corrected chi connectivity index (χ2v) is 4.28. The van der Waals surface area contributed by atoms with Crippen molar-refractivity contribution in [1.29, 1.82) is 0 Å². The Morgan fingerprint density at radius 1 is 1.58 bits per heavy atom. The predicted molar refractivity (Wildman–Crippen MR) is 48.9 cm³/mol. The van der Waals surface area contributed by atoms with Gasteiger partial charge in [-0.3, -0.25) is 4.79 Å². The molecule has 0 bridgehead atoms. The summed E-state index contributed by atoms with van der Waals surface area (Å²) in [6.45, 7) is 6.60. The van der Waals surface area contributed by atoms with Gasteiger partial charge in [0.25, 0.3) is 0 Å². The molecule has 1 atom stereocenters. The van der Waals surface area contributed by atoms with Crippen LogP contribution in [0.2, 0.25) is 0 Å². The summed E-state index contributed by atoms with van der Waals surface area (Å²) in [6, 6.07) is 0. The minimum atomic E-state index is -0.732. The highest BCUT2D eigenvalue weighted by Gasteiger charge is 2.23. The van der Waals surface area contributed by atoms with Crippen LogP contribution in [0, 0.1) is 11.3 Å². The van der Waals surface area contributed by atoms with E-state index in [4.69, 9.17) is 10.8 Å². The third kappa shape index (κ3) is 5.13. The molecule has 3 nitrogen and oxygen atoms in total. The molecule has 0 radical (unpaired) electrons. The lowest BCUT2D eigenvalue weighted by Gasteiger charge is -2.25. The fraction of sp³-hybridized carbons (Fsp3) is 0.889. The Morgan fingerprint density at radius 3 is 2.42 bits per heavy atom. The van der Waals surface area contributed by atoms with Crippen molar-refractivity contribution in [3.63, 3.8) is 0 Å². The Morgan fingerprint density at radius 2 is 2.08 bits per heavy atom. The molecule has 0 saturated heterocycles. The van der Waals surface area contributed by atoms with E-state index in [2.05, 4.69) is 0 Å². The number of carboxylic acids is 1. The minimum absolute atomic E-state index is 0.134. The summed E-state index contributed by atoms with van der Waals surface area (Å²) in [6.07, 6.45) is 1.09. The molecule has 0 heterocycles. The van der Waals surface area contributed by atoms with E-state index < -0.39 is 5.97 Å². The lowest BCUT2D eigenvalue weighted by Crippen LogP contribution is -2.23. The SMILES string of the molecule is CC(CN)CC(C)(C)CC(=O)O. The number of hydrogen-bond acceptors (Lipinski definition) is 2. The fourth-order valence-corrected chi connectivity index (χ4v) is 1.51. The molecule has 0 aromatic heterocycles. The van der Waals surface area contributed by atoms with Crippen LogP contribution in [0.4, 0.5) is 0 Å². The Bertz CT molecular complexity index is 155. The van der Waals surface area contributed by atoms with Crippen LogP contribution in [-0.2, 0) is 4.79 Å². The molecule has 0 rings (SSSR count). The van der Waals surface area contributed by atoms with Gasteiger partial charge >= 0.3 is 5.97 Å². The molecule has 0 aromatic rings. The van der Waals surface area contributed by atoms with Gasteiger partial charge in [-0.2, -0.15) is 0 Å². The molecular formula is C9H19NO2. The van der Waals surface area contributed by atoms with Gasteiger partial charge in [-0.25, -0.2) is 0 Å². The summed E-state index contributed by atoms with van der Waals surface area (Å²) in [5, 5.41) is 8.60. The van der Waals surface area contributed by atoms with Crippen LogP contribution >= 0.6 is 0 Å². The van der Waals surface area contributed by atoms with E-state index in [1.165, 1.54) is 0 Å². The summed E-state index contributed by atoms with van der Waals surface area (Å²) >= 11 is 0. The number of aliphatic carboxylic acids is 1. The molecule has 12 heavy (non-hydrogen) atoms. The first-order valence-electron chi connectivity index (χ1n) is 4.29. The van der Waals surface area contributed by atoms with Gasteiger partial charge in [0.2, 0.25) is 0 Å². The van der Waals surface area contributed by atoms with Crippen molar-refractivity contribution in [2.45, 2.75) is 33.6 Å². The number of nitrogens with two attached hydrogens (primary N) is 1. The highest BCUT2D eigenvalue weighted by atomic mass is 16.4. The van der Waals surface area contributed by atoms with E-state index in [1.807, 2.05) is 20.8 Å². The molecule has 0 aliphatic heterocycles. The maximum atomic E-state index is 10.5. The molecular weight excluding hydrogens is 154 g/mol. The molecule has 0 aromatic carbocycles. The van der Waals surface area contributed by atoms with Crippen molar-refractivity contribution >= 4 is 5.97 Å². The molecule has 0 amide bonds. The van der Waals surface area contributed by atoms with Crippen LogP contribution < -0.4 is 5.73 Å². The van der Waals surface area contributed by atoms with E-state index >= 15 is 0 Å². The van der Waals surface area contributed by atoms with Crippen LogP contribution in [0.1, 0.15) is 33.6 Å². The van der Waals surface area contributed by atoms with E-state index in [1.54, 1.807) is 0 Å². The van der Waals surface area contributed by atoms with Crippen LogP contribution in [0.5, 0.6) is 0 Å². The average Bonchev–Trinajstić information content (AvgIpc) is 1.83. The van der Waals surface area contributed by atoms with Gasteiger partial charge in [0.15, 0.2) is 0 Å². The van der Waals surface area contributed by atoms with Gasteiger partial charge in [-0.1, -0.05) is 20.8 Å². The number of hydrogen-bond donors (Lipinski definition) is 2. The lowest BCUT2D eigenvalue weighted by molar-refractivity contribution is -0.139. The number of rotatable bonds is 5. The summed E-state index contributed by atoms with van der Waals surface area (Å²) in [5.74, 6) is -0.330. The van der Waals surface area contributed by atoms with Crippen molar-refractivity contribution in [2.75, 3.05) is 6.54 Å². The first-order valence-corrected chi connectivity index (χ1v) is 4.29. The quantitative estimate of drug-likeness (QED) is 0.661. The molecule has 0 fully saturated rings. The zero-order chi connectivity index (χ0) is 9.78. The van der Waals surface area contributed by atoms with Gasteiger partial charge in [-0.05, 0) is 24.3 Å². The molecule has 0 spiro atoms. The fourth-order valence-electron chi connectivity index (χ4n) is 1.51. The molecule has 3 heteroatoms. The molecule has 0 saturated carbocycles. The van der Waals surface area contributed by atoms with E-state index in [-0.39, 0.29) is 11.8 Å². The Labute approximate surface area is 74.0 Å². The summed E-state index contributed by atoms with van der Waals surface area (Å²) in [4.78, 5) is 10.5. The summed E-state index contributed by atoms with van der Waals surface area (Å²) in [7, 11) is 0. The van der Waals surface area contributed by atoms with Crippen molar-refractivity contribution in [3.05, 3.63) is 0 Å².